The molecule has 1 atom stereocenters. The molecule has 1 unspecified atom stereocenters. The molecule has 108 valence electrons. The minimum absolute atomic E-state index is 0.00893. The van der Waals surface area contributed by atoms with Crippen LogP contribution in [0.3, 0.4) is 0 Å². The van der Waals surface area contributed by atoms with Crippen LogP contribution in [0.2, 0.25) is 0 Å². The Kier molecular flexibility index (Phi) is 3.85. The maximum absolute atomic E-state index is 12.5. The van der Waals surface area contributed by atoms with Crippen LogP contribution in [0.1, 0.15) is 18.2 Å². The van der Waals surface area contributed by atoms with Gasteiger partial charge in [-0.25, -0.2) is 0 Å². The van der Waals surface area contributed by atoms with Crippen molar-refractivity contribution in [3.8, 4) is 11.3 Å². The van der Waals surface area contributed by atoms with Gasteiger partial charge in [-0.1, -0.05) is 12.1 Å². The molecule has 3 nitrogen and oxygen atoms in total. The van der Waals surface area contributed by atoms with Gasteiger partial charge in [0, 0.05) is 19.5 Å². The molecule has 0 saturated heterocycles. The molecule has 0 spiro atoms. The van der Waals surface area contributed by atoms with E-state index >= 15 is 0 Å². The summed E-state index contributed by atoms with van der Waals surface area (Å²) in [4.78, 5) is 0. The second kappa shape index (κ2) is 5.28. The van der Waals surface area contributed by atoms with Crippen molar-refractivity contribution in [2.24, 2.45) is 12.8 Å². The molecule has 20 heavy (non-hydrogen) atoms. The van der Waals surface area contributed by atoms with Crippen molar-refractivity contribution < 1.29 is 13.2 Å². The molecule has 0 aliphatic heterocycles. The molecule has 6 heteroatoms. The summed E-state index contributed by atoms with van der Waals surface area (Å²) >= 11 is 0. The minimum atomic E-state index is -4.31. The first-order valence-corrected chi connectivity index (χ1v) is 6.23. The first kappa shape index (κ1) is 14.6. The predicted molar refractivity (Wildman–Crippen MR) is 71.0 cm³/mol. The van der Waals surface area contributed by atoms with Gasteiger partial charge < -0.3 is 5.73 Å². The number of nitrogens with two attached hydrogens (primary N) is 1. The number of alkyl halides is 3. The van der Waals surface area contributed by atoms with E-state index in [2.05, 4.69) is 5.10 Å². The zero-order valence-electron chi connectivity index (χ0n) is 11.3. The second-order valence-corrected chi connectivity index (χ2v) is 4.90. The van der Waals surface area contributed by atoms with Crippen LogP contribution in [0.15, 0.2) is 30.3 Å². The smallest absolute Gasteiger partial charge is 0.328 e. The van der Waals surface area contributed by atoms with Gasteiger partial charge in [0.25, 0.3) is 0 Å². The molecule has 0 radical (unpaired) electrons. The van der Waals surface area contributed by atoms with Crippen molar-refractivity contribution in [1.29, 1.82) is 0 Å². The van der Waals surface area contributed by atoms with Crippen LogP contribution in [0, 0.1) is 0 Å². The fraction of sp³-hybridized carbons (Fsp3) is 0.357. The number of aromatic nitrogens is 2. The van der Waals surface area contributed by atoms with Crippen LogP contribution in [-0.2, 0) is 19.6 Å². The minimum Gasteiger partial charge on any atom is -0.328 e. The molecule has 0 aliphatic carbocycles. The number of hydrogen-bond acceptors (Lipinski definition) is 2. The highest BCUT2D eigenvalue weighted by molar-refractivity contribution is 5.60. The van der Waals surface area contributed by atoms with Crippen LogP contribution in [-0.4, -0.2) is 15.8 Å². The Hall–Kier alpha value is -1.82. The fourth-order valence-corrected chi connectivity index (χ4v) is 2.06. The molecule has 1 heterocycles. The van der Waals surface area contributed by atoms with E-state index in [9.17, 15) is 13.2 Å². The Morgan fingerprint density at radius 3 is 2.35 bits per heavy atom. The molecule has 0 saturated carbocycles. The first-order chi connectivity index (χ1) is 9.27. The molecule has 0 aliphatic rings. The molecule has 0 amide bonds. The van der Waals surface area contributed by atoms with Crippen LogP contribution in [0.4, 0.5) is 13.2 Å². The van der Waals surface area contributed by atoms with E-state index in [1.165, 1.54) is 12.1 Å². The van der Waals surface area contributed by atoms with Crippen molar-refractivity contribution >= 4 is 0 Å². The van der Waals surface area contributed by atoms with Gasteiger partial charge in [-0.3, -0.25) is 4.68 Å². The van der Waals surface area contributed by atoms with Gasteiger partial charge in [0.05, 0.1) is 17.0 Å². The zero-order chi connectivity index (χ0) is 14.9. The highest BCUT2D eigenvalue weighted by Crippen LogP contribution is 2.31. The van der Waals surface area contributed by atoms with Crippen LogP contribution < -0.4 is 5.73 Å². The molecule has 2 aromatic rings. The van der Waals surface area contributed by atoms with E-state index in [1.807, 2.05) is 13.0 Å². The number of hydrogen-bond donors (Lipinski definition) is 1. The lowest BCUT2D eigenvalue weighted by atomic mass is 10.1. The summed E-state index contributed by atoms with van der Waals surface area (Å²) in [5, 5.41) is 4.31. The molecule has 2 N–H and O–H groups in total. The number of halogens is 3. The maximum atomic E-state index is 12.5. The molecule has 1 aromatic carbocycles. The predicted octanol–water partition coefficient (Wildman–Crippen LogP) is 3.00. The van der Waals surface area contributed by atoms with Crippen molar-refractivity contribution in [3.63, 3.8) is 0 Å². The lowest BCUT2D eigenvalue weighted by Gasteiger charge is -2.07. The van der Waals surface area contributed by atoms with E-state index in [0.29, 0.717) is 12.0 Å². The topological polar surface area (TPSA) is 43.8 Å². The number of nitrogens with zero attached hydrogens (tertiary/aromatic N) is 2. The second-order valence-electron chi connectivity index (χ2n) is 4.90. The average Bonchev–Trinajstić information content (AvgIpc) is 2.68. The standard InChI is InChI=1S/C14H16F3N3/c1-9(18)7-12-8-13(20(2)19-12)10-3-5-11(6-4-10)14(15,16)17/h3-6,8-9H,7,18H2,1-2H3. The molecule has 0 bridgehead atoms. The SMILES string of the molecule is CC(N)Cc1cc(-c2ccc(C(F)(F)F)cc2)n(C)n1. The summed E-state index contributed by atoms with van der Waals surface area (Å²) in [5.74, 6) is 0. The number of rotatable bonds is 3. The Bertz CT molecular complexity index is 583. The van der Waals surface area contributed by atoms with Crippen LogP contribution in [0.25, 0.3) is 11.3 Å². The van der Waals surface area contributed by atoms with Gasteiger partial charge in [-0.05, 0) is 30.7 Å². The van der Waals surface area contributed by atoms with Gasteiger partial charge in [0.1, 0.15) is 0 Å². The van der Waals surface area contributed by atoms with Crippen molar-refractivity contribution in [2.75, 3.05) is 0 Å². The van der Waals surface area contributed by atoms with Gasteiger partial charge in [0.15, 0.2) is 0 Å². The lowest BCUT2D eigenvalue weighted by molar-refractivity contribution is -0.137. The molecular weight excluding hydrogens is 267 g/mol. The molecule has 0 fully saturated rings. The van der Waals surface area contributed by atoms with Crippen LogP contribution >= 0.6 is 0 Å². The van der Waals surface area contributed by atoms with E-state index in [-0.39, 0.29) is 6.04 Å². The molecular formula is C14H16F3N3. The van der Waals surface area contributed by atoms with Gasteiger partial charge in [-0.2, -0.15) is 18.3 Å². The highest BCUT2D eigenvalue weighted by Gasteiger charge is 2.30. The highest BCUT2D eigenvalue weighted by atomic mass is 19.4. The third kappa shape index (κ3) is 3.19. The lowest BCUT2D eigenvalue weighted by Crippen LogP contribution is -2.18. The third-order valence-electron chi connectivity index (χ3n) is 2.97. The fourth-order valence-electron chi connectivity index (χ4n) is 2.06. The van der Waals surface area contributed by atoms with Crippen molar-refractivity contribution in [2.45, 2.75) is 25.6 Å². The van der Waals surface area contributed by atoms with E-state index in [1.54, 1.807) is 11.7 Å². The molecule has 1 aromatic heterocycles. The van der Waals surface area contributed by atoms with Gasteiger partial charge in [0.2, 0.25) is 0 Å². The Morgan fingerprint density at radius 1 is 1.25 bits per heavy atom. The maximum Gasteiger partial charge on any atom is 0.416 e. The Labute approximate surface area is 115 Å². The summed E-state index contributed by atoms with van der Waals surface area (Å²) in [6, 6.07) is 6.91. The largest absolute Gasteiger partial charge is 0.416 e. The van der Waals surface area contributed by atoms with Crippen LogP contribution in [0.5, 0.6) is 0 Å². The van der Waals surface area contributed by atoms with E-state index in [0.717, 1.165) is 23.5 Å². The summed E-state index contributed by atoms with van der Waals surface area (Å²) in [5.41, 5.74) is 7.36. The van der Waals surface area contributed by atoms with E-state index in [4.69, 9.17) is 5.73 Å². The van der Waals surface area contributed by atoms with Gasteiger partial charge >= 0.3 is 6.18 Å². The first-order valence-electron chi connectivity index (χ1n) is 6.23. The monoisotopic (exact) mass is 283 g/mol. The summed E-state index contributed by atoms with van der Waals surface area (Å²) in [6.45, 7) is 1.88. The zero-order valence-corrected chi connectivity index (χ0v) is 11.3. The third-order valence-corrected chi connectivity index (χ3v) is 2.97. The van der Waals surface area contributed by atoms with Crippen molar-refractivity contribution in [3.05, 3.63) is 41.6 Å². The Balaban J connectivity index is 2.30. The number of aryl methyl sites for hydroxylation is 1. The summed E-state index contributed by atoms with van der Waals surface area (Å²) < 4.78 is 39.2. The van der Waals surface area contributed by atoms with Crippen molar-refractivity contribution in [1.82, 2.24) is 9.78 Å². The number of benzene rings is 1. The normalized spacial score (nSPS) is 13.5. The van der Waals surface area contributed by atoms with Gasteiger partial charge in [-0.15, -0.1) is 0 Å². The van der Waals surface area contributed by atoms with E-state index < -0.39 is 11.7 Å². The molecule has 2 rings (SSSR count). The summed E-state index contributed by atoms with van der Waals surface area (Å²) in [7, 11) is 1.76. The summed E-state index contributed by atoms with van der Waals surface area (Å²) in [6.07, 6.45) is -3.68. The average molecular weight is 283 g/mol. The Morgan fingerprint density at radius 2 is 1.85 bits per heavy atom. The quantitative estimate of drug-likeness (QED) is 0.941.